The molecule has 1 unspecified atom stereocenters. The molecule has 0 aromatic carbocycles. The highest BCUT2D eigenvalue weighted by atomic mass is 16.6. The molecule has 1 aliphatic rings. The number of rotatable bonds is 3. The van der Waals surface area contributed by atoms with E-state index in [4.69, 9.17) is 9.47 Å². The summed E-state index contributed by atoms with van der Waals surface area (Å²) in [5.41, 5.74) is -0.208. The smallest absolute Gasteiger partial charge is 0.335 e. The second-order valence-electron chi connectivity index (χ2n) is 3.60. The van der Waals surface area contributed by atoms with Gasteiger partial charge in [0.05, 0.1) is 13.2 Å². The van der Waals surface area contributed by atoms with Crippen LogP contribution >= 0.6 is 0 Å². The minimum Gasteiger partial charge on any atom is -0.463 e. The van der Waals surface area contributed by atoms with Gasteiger partial charge in [0.15, 0.2) is 6.10 Å². The lowest BCUT2D eigenvalue weighted by molar-refractivity contribution is -0.147. The zero-order chi connectivity index (χ0) is 9.19. The van der Waals surface area contributed by atoms with Gasteiger partial charge in [-0.25, -0.2) is 4.79 Å². The van der Waals surface area contributed by atoms with Crippen molar-refractivity contribution in [3.63, 3.8) is 0 Å². The molecule has 0 bridgehead atoms. The summed E-state index contributed by atoms with van der Waals surface area (Å²) in [6.07, 6.45) is 1.19. The van der Waals surface area contributed by atoms with Crippen LogP contribution in [0.15, 0.2) is 12.7 Å². The van der Waals surface area contributed by atoms with E-state index >= 15 is 0 Å². The standard InChI is InChI=1S/C9H14O3/c1-4-5-11-7-8(10)12-6-9(7,2)3/h4,7H,1,5-6H2,2-3H3. The van der Waals surface area contributed by atoms with Gasteiger partial charge in [-0.15, -0.1) is 6.58 Å². The van der Waals surface area contributed by atoms with Crippen LogP contribution in [0.25, 0.3) is 0 Å². The molecule has 3 nitrogen and oxygen atoms in total. The van der Waals surface area contributed by atoms with Crippen LogP contribution in [0.2, 0.25) is 0 Å². The first-order valence-electron chi connectivity index (χ1n) is 3.97. The molecule has 0 N–H and O–H groups in total. The van der Waals surface area contributed by atoms with Crippen molar-refractivity contribution in [3.8, 4) is 0 Å². The first-order chi connectivity index (χ1) is 5.58. The van der Waals surface area contributed by atoms with Crippen LogP contribution in [0, 0.1) is 5.41 Å². The number of esters is 1. The summed E-state index contributed by atoms with van der Waals surface area (Å²) in [4.78, 5) is 11.1. The first-order valence-corrected chi connectivity index (χ1v) is 3.97. The average molecular weight is 170 g/mol. The molecule has 0 aromatic rings. The van der Waals surface area contributed by atoms with Gasteiger partial charge >= 0.3 is 5.97 Å². The van der Waals surface area contributed by atoms with Crippen molar-refractivity contribution < 1.29 is 14.3 Å². The maximum absolute atomic E-state index is 11.1. The second-order valence-corrected chi connectivity index (χ2v) is 3.60. The number of cyclic esters (lactones) is 1. The molecule has 1 fully saturated rings. The van der Waals surface area contributed by atoms with E-state index in [-0.39, 0.29) is 11.4 Å². The number of hydrogen-bond donors (Lipinski definition) is 0. The zero-order valence-corrected chi connectivity index (χ0v) is 7.50. The van der Waals surface area contributed by atoms with Crippen LogP contribution in [-0.2, 0) is 14.3 Å². The van der Waals surface area contributed by atoms with E-state index in [1.807, 2.05) is 13.8 Å². The fourth-order valence-corrected chi connectivity index (χ4v) is 1.19. The summed E-state index contributed by atoms with van der Waals surface area (Å²) in [5, 5.41) is 0. The molecule has 1 rings (SSSR count). The van der Waals surface area contributed by atoms with Crippen molar-refractivity contribution in [3.05, 3.63) is 12.7 Å². The highest BCUT2D eigenvalue weighted by molar-refractivity contribution is 5.77. The van der Waals surface area contributed by atoms with Crippen molar-refractivity contribution in [2.45, 2.75) is 20.0 Å². The maximum Gasteiger partial charge on any atom is 0.335 e. The van der Waals surface area contributed by atoms with E-state index in [2.05, 4.69) is 6.58 Å². The molecule has 0 amide bonds. The molecule has 0 aliphatic carbocycles. The molecular formula is C9H14O3. The number of carbonyl (C=O) groups is 1. The molecule has 1 atom stereocenters. The van der Waals surface area contributed by atoms with E-state index < -0.39 is 6.10 Å². The molecule has 1 heterocycles. The van der Waals surface area contributed by atoms with Crippen molar-refractivity contribution in [1.82, 2.24) is 0 Å². The molecule has 0 saturated carbocycles. The van der Waals surface area contributed by atoms with Crippen molar-refractivity contribution >= 4 is 5.97 Å². The summed E-state index contributed by atoms with van der Waals surface area (Å²) in [7, 11) is 0. The highest BCUT2D eigenvalue weighted by Crippen LogP contribution is 2.30. The Morgan fingerprint density at radius 2 is 2.50 bits per heavy atom. The number of ether oxygens (including phenoxy) is 2. The SMILES string of the molecule is C=CCOC1C(=O)OCC1(C)C. The zero-order valence-electron chi connectivity index (χ0n) is 7.50. The van der Waals surface area contributed by atoms with Crippen LogP contribution in [0.4, 0.5) is 0 Å². The van der Waals surface area contributed by atoms with E-state index in [9.17, 15) is 4.79 Å². The topological polar surface area (TPSA) is 35.5 Å². The fraction of sp³-hybridized carbons (Fsp3) is 0.667. The van der Waals surface area contributed by atoms with Crippen LogP contribution in [-0.4, -0.2) is 25.3 Å². The summed E-state index contributed by atoms with van der Waals surface area (Å²) < 4.78 is 10.2. The third-order valence-electron chi connectivity index (χ3n) is 1.89. The lowest BCUT2D eigenvalue weighted by Gasteiger charge is -2.20. The van der Waals surface area contributed by atoms with Gasteiger partial charge in [0.25, 0.3) is 0 Å². The molecular weight excluding hydrogens is 156 g/mol. The van der Waals surface area contributed by atoms with Gasteiger partial charge in [0, 0.05) is 5.41 Å². The lowest BCUT2D eigenvalue weighted by Crippen LogP contribution is -2.32. The molecule has 1 saturated heterocycles. The van der Waals surface area contributed by atoms with Crippen LogP contribution < -0.4 is 0 Å². The normalized spacial score (nSPS) is 26.8. The predicted octanol–water partition coefficient (Wildman–Crippen LogP) is 1.14. The Balaban J connectivity index is 2.58. The Hall–Kier alpha value is -0.830. The summed E-state index contributed by atoms with van der Waals surface area (Å²) in [5.74, 6) is -0.262. The van der Waals surface area contributed by atoms with Gasteiger partial charge in [0.1, 0.15) is 0 Å². The third kappa shape index (κ3) is 1.67. The van der Waals surface area contributed by atoms with Gasteiger partial charge < -0.3 is 9.47 Å². The Bertz CT molecular complexity index is 196. The van der Waals surface area contributed by atoms with Gasteiger partial charge in [-0.3, -0.25) is 0 Å². The van der Waals surface area contributed by atoms with E-state index in [0.717, 1.165) is 0 Å². The van der Waals surface area contributed by atoms with Gasteiger partial charge in [-0.2, -0.15) is 0 Å². The molecule has 12 heavy (non-hydrogen) atoms. The van der Waals surface area contributed by atoms with Gasteiger partial charge in [-0.1, -0.05) is 19.9 Å². The number of hydrogen-bond acceptors (Lipinski definition) is 3. The Kier molecular flexibility index (Phi) is 2.52. The predicted molar refractivity (Wildman–Crippen MR) is 44.7 cm³/mol. The first kappa shape index (κ1) is 9.26. The summed E-state index contributed by atoms with van der Waals surface area (Å²) >= 11 is 0. The van der Waals surface area contributed by atoms with E-state index in [0.29, 0.717) is 13.2 Å². The summed E-state index contributed by atoms with van der Waals surface area (Å²) in [6.45, 7) is 8.25. The van der Waals surface area contributed by atoms with E-state index in [1.54, 1.807) is 6.08 Å². The minimum atomic E-state index is -0.435. The largest absolute Gasteiger partial charge is 0.463 e. The monoisotopic (exact) mass is 170 g/mol. The Morgan fingerprint density at radius 1 is 1.83 bits per heavy atom. The maximum atomic E-state index is 11.1. The second kappa shape index (κ2) is 3.27. The quantitative estimate of drug-likeness (QED) is 0.470. The average Bonchev–Trinajstić information content (AvgIpc) is 2.24. The minimum absolute atomic E-state index is 0.208. The van der Waals surface area contributed by atoms with Crippen LogP contribution in [0.3, 0.4) is 0 Å². The fourth-order valence-electron chi connectivity index (χ4n) is 1.19. The third-order valence-corrected chi connectivity index (χ3v) is 1.89. The van der Waals surface area contributed by atoms with E-state index in [1.165, 1.54) is 0 Å². The van der Waals surface area contributed by atoms with Gasteiger partial charge in [-0.05, 0) is 0 Å². The van der Waals surface area contributed by atoms with Crippen LogP contribution in [0.5, 0.6) is 0 Å². The van der Waals surface area contributed by atoms with Crippen LogP contribution in [0.1, 0.15) is 13.8 Å². The van der Waals surface area contributed by atoms with Gasteiger partial charge in [0.2, 0.25) is 0 Å². The molecule has 0 radical (unpaired) electrons. The molecule has 3 heteroatoms. The molecule has 0 spiro atoms. The van der Waals surface area contributed by atoms with Crippen molar-refractivity contribution in [1.29, 1.82) is 0 Å². The molecule has 68 valence electrons. The highest BCUT2D eigenvalue weighted by Gasteiger charge is 2.44. The Morgan fingerprint density at radius 3 is 2.92 bits per heavy atom. The van der Waals surface area contributed by atoms with Crippen molar-refractivity contribution in [2.75, 3.05) is 13.2 Å². The van der Waals surface area contributed by atoms with Crippen molar-refractivity contribution in [2.24, 2.45) is 5.41 Å². The molecule has 0 aromatic heterocycles. The summed E-state index contributed by atoms with van der Waals surface area (Å²) in [6, 6.07) is 0. The molecule has 1 aliphatic heterocycles. The number of carbonyl (C=O) groups excluding carboxylic acids is 1. The Labute approximate surface area is 72.4 Å². The lowest BCUT2D eigenvalue weighted by atomic mass is 9.90.